The van der Waals surface area contributed by atoms with Crippen LogP contribution >= 0.6 is 0 Å². The number of imidazole rings is 1. The number of nitrogens with zero attached hydrogens (tertiary/aromatic N) is 2. The van der Waals surface area contributed by atoms with Gasteiger partial charge >= 0.3 is 0 Å². The fraction of sp³-hybridized carbons (Fsp3) is 0.333. The average molecular weight is 365 g/mol. The molecule has 0 saturated heterocycles. The Bertz CT molecular complexity index is 826. The van der Waals surface area contributed by atoms with Crippen LogP contribution in [0.1, 0.15) is 23.7 Å². The monoisotopic (exact) mass is 365 g/mol. The largest absolute Gasteiger partial charge is 0.396 e. The Hall–Kier alpha value is -2.86. The molecule has 0 bridgehead atoms. The number of para-hydroxylation sites is 2. The van der Waals surface area contributed by atoms with Crippen LogP contribution in [0.2, 0.25) is 0 Å². The normalized spacial score (nSPS) is 12.9. The zero-order chi connectivity index (χ0) is 18.9. The highest BCUT2D eigenvalue weighted by atomic mass is 16.3. The summed E-state index contributed by atoms with van der Waals surface area (Å²) in [6.45, 7) is 1.52. The van der Waals surface area contributed by atoms with Crippen LogP contribution in [0.25, 0.3) is 11.0 Å². The first-order chi connectivity index (χ1) is 13.3. The Morgan fingerprint density at radius 3 is 2.63 bits per heavy atom. The second-order valence-electron chi connectivity index (χ2n) is 6.47. The van der Waals surface area contributed by atoms with Crippen molar-refractivity contribution >= 4 is 17.0 Å². The molecule has 3 rings (SSSR count). The molecule has 1 atom stereocenters. The number of hydrogen-bond acceptors (Lipinski definition) is 3. The molecule has 1 unspecified atom stereocenters. The lowest BCUT2D eigenvalue weighted by molar-refractivity contribution is 0.265. The molecule has 6 nitrogen and oxygen atoms in total. The van der Waals surface area contributed by atoms with Gasteiger partial charge in [-0.15, -0.1) is 0 Å². The van der Waals surface area contributed by atoms with Gasteiger partial charge in [0, 0.05) is 32.5 Å². The Balaban J connectivity index is 1.42. The van der Waals surface area contributed by atoms with E-state index >= 15 is 0 Å². The first kappa shape index (κ1) is 18.9. The number of aliphatic imine (C=N–C) groups is 1. The van der Waals surface area contributed by atoms with Crippen molar-refractivity contribution in [3.8, 4) is 0 Å². The summed E-state index contributed by atoms with van der Waals surface area (Å²) in [4.78, 5) is 12.2. The van der Waals surface area contributed by atoms with Crippen molar-refractivity contribution in [2.24, 2.45) is 4.99 Å². The predicted octanol–water partition coefficient (Wildman–Crippen LogP) is 2.44. The predicted molar refractivity (Wildman–Crippen MR) is 110 cm³/mol. The van der Waals surface area contributed by atoms with Crippen molar-refractivity contribution in [3.05, 3.63) is 66.0 Å². The molecule has 0 aliphatic rings. The van der Waals surface area contributed by atoms with Gasteiger partial charge in [-0.25, -0.2) is 4.98 Å². The number of benzene rings is 2. The van der Waals surface area contributed by atoms with Crippen LogP contribution in [0, 0.1) is 0 Å². The molecule has 0 aliphatic heterocycles. The van der Waals surface area contributed by atoms with Crippen LogP contribution in [0.5, 0.6) is 0 Å². The minimum absolute atomic E-state index is 0.0419. The standard InChI is InChI=1S/C21H27N5O/c1-22-21(24-14-17(15-27)16-8-3-2-4-9-16)23-13-7-12-20-25-18-10-5-6-11-19(18)26-20/h2-6,8-11,17,27H,7,12-15H2,1H3,(H,25,26)(H2,22,23,24). The number of aryl methyl sites for hydroxylation is 1. The van der Waals surface area contributed by atoms with E-state index in [0.717, 1.165) is 47.8 Å². The second kappa shape index (κ2) is 9.73. The quantitative estimate of drug-likeness (QED) is 0.281. The topological polar surface area (TPSA) is 85.3 Å². The van der Waals surface area contributed by atoms with Crippen molar-refractivity contribution in [2.45, 2.75) is 18.8 Å². The van der Waals surface area contributed by atoms with Gasteiger partial charge in [0.15, 0.2) is 5.96 Å². The molecule has 0 radical (unpaired) electrons. The highest BCUT2D eigenvalue weighted by Crippen LogP contribution is 2.13. The van der Waals surface area contributed by atoms with E-state index in [2.05, 4.69) is 25.6 Å². The third-order valence-electron chi connectivity index (χ3n) is 4.55. The maximum Gasteiger partial charge on any atom is 0.190 e. The molecule has 0 fully saturated rings. The summed E-state index contributed by atoms with van der Waals surface area (Å²) in [6, 6.07) is 18.1. The summed E-state index contributed by atoms with van der Waals surface area (Å²) < 4.78 is 0. The fourth-order valence-electron chi connectivity index (χ4n) is 3.04. The zero-order valence-electron chi connectivity index (χ0n) is 15.7. The summed E-state index contributed by atoms with van der Waals surface area (Å²) in [5, 5.41) is 16.3. The molecular formula is C21H27N5O. The number of hydrogen-bond donors (Lipinski definition) is 4. The SMILES string of the molecule is CN=C(NCCCc1nc2ccccc2[nH]1)NCC(CO)c1ccccc1. The number of aliphatic hydroxyl groups excluding tert-OH is 1. The zero-order valence-corrected chi connectivity index (χ0v) is 15.7. The molecule has 27 heavy (non-hydrogen) atoms. The summed E-state index contributed by atoms with van der Waals surface area (Å²) in [6.07, 6.45) is 1.82. The first-order valence-electron chi connectivity index (χ1n) is 9.34. The number of aromatic amines is 1. The third kappa shape index (κ3) is 5.31. The lowest BCUT2D eigenvalue weighted by Crippen LogP contribution is -2.40. The van der Waals surface area contributed by atoms with Gasteiger partial charge in [-0.05, 0) is 24.1 Å². The molecule has 0 saturated carbocycles. The molecule has 0 aliphatic carbocycles. The maximum absolute atomic E-state index is 9.65. The van der Waals surface area contributed by atoms with Crippen molar-refractivity contribution in [1.29, 1.82) is 0 Å². The number of aromatic nitrogens is 2. The van der Waals surface area contributed by atoms with E-state index in [1.807, 2.05) is 54.6 Å². The van der Waals surface area contributed by atoms with Gasteiger partial charge in [-0.2, -0.15) is 0 Å². The number of aliphatic hydroxyl groups is 1. The number of H-pyrrole nitrogens is 1. The lowest BCUT2D eigenvalue weighted by Gasteiger charge is -2.18. The highest BCUT2D eigenvalue weighted by molar-refractivity contribution is 5.79. The van der Waals surface area contributed by atoms with Crippen molar-refractivity contribution in [3.63, 3.8) is 0 Å². The van der Waals surface area contributed by atoms with E-state index in [0.29, 0.717) is 6.54 Å². The molecule has 1 heterocycles. The van der Waals surface area contributed by atoms with Crippen LogP contribution in [0.4, 0.5) is 0 Å². The summed E-state index contributed by atoms with van der Waals surface area (Å²) in [5.74, 6) is 1.79. The summed E-state index contributed by atoms with van der Waals surface area (Å²) in [7, 11) is 1.76. The molecule has 6 heteroatoms. The Kier molecular flexibility index (Phi) is 6.82. The molecule has 1 aromatic heterocycles. The third-order valence-corrected chi connectivity index (χ3v) is 4.55. The Morgan fingerprint density at radius 2 is 1.89 bits per heavy atom. The van der Waals surface area contributed by atoms with Crippen molar-refractivity contribution in [2.75, 3.05) is 26.7 Å². The molecule has 142 valence electrons. The first-order valence-corrected chi connectivity index (χ1v) is 9.34. The van der Waals surface area contributed by atoms with Crippen LogP contribution < -0.4 is 10.6 Å². The van der Waals surface area contributed by atoms with E-state index in [4.69, 9.17) is 0 Å². The van der Waals surface area contributed by atoms with Gasteiger partial charge in [0.25, 0.3) is 0 Å². The van der Waals surface area contributed by atoms with Crippen LogP contribution in [-0.2, 0) is 6.42 Å². The number of guanidine groups is 1. The lowest BCUT2D eigenvalue weighted by atomic mass is 10.0. The van der Waals surface area contributed by atoms with Crippen LogP contribution in [0.3, 0.4) is 0 Å². The van der Waals surface area contributed by atoms with Gasteiger partial charge in [-0.1, -0.05) is 42.5 Å². The van der Waals surface area contributed by atoms with Gasteiger partial charge in [-0.3, -0.25) is 4.99 Å². The molecular weight excluding hydrogens is 338 g/mol. The minimum atomic E-state index is 0.0419. The number of rotatable bonds is 8. The maximum atomic E-state index is 9.65. The van der Waals surface area contributed by atoms with E-state index in [1.54, 1.807) is 7.05 Å². The van der Waals surface area contributed by atoms with Crippen molar-refractivity contribution in [1.82, 2.24) is 20.6 Å². The highest BCUT2D eigenvalue weighted by Gasteiger charge is 2.10. The fourth-order valence-corrected chi connectivity index (χ4v) is 3.04. The molecule has 4 N–H and O–H groups in total. The summed E-state index contributed by atoms with van der Waals surface area (Å²) >= 11 is 0. The van der Waals surface area contributed by atoms with E-state index in [1.165, 1.54) is 0 Å². The molecule has 0 amide bonds. The second-order valence-corrected chi connectivity index (χ2v) is 6.47. The van der Waals surface area contributed by atoms with E-state index in [-0.39, 0.29) is 12.5 Å². The Morgan fingerprint density at radius 1 is 1.11 bits per heavy atom. The smallest absolute Gasteiger partial charge is 0.190 e. The van der Waals surface area contributed by atoms with Gasteiger partial charge in [0.2, 0.25) is 0 Å². The molecule has 2 aromatic carbocycles. The molecule has 0 spiro atoms. The Labute approximate surface area is 159 Å². The number of fused-ring (bicyclic) bond motifs is 1. The van der Waals surface area contributed by atoms with Crippen LogP contribution in [-0.4, -0.2) is 47.8 Å². The number of nitrogens with one attached hydrogen (secondary N) is 3. The summed E-state index contributed by atoms with van der Waals surface area (Å²) in [5.41, 5.74) is 3.20. The van der Waals surface area contributed by atoms with E-state index in [9.17, 15) is 5.11 Å². The van der Waals surface area contributed by atoms with Gasteiger partial charge in [0.05, 0.1) is 17.6 Å². The minimum Gasteiger partial charge on any atom is -0.396 e. The van der Waals surface area contributed by atoms with Gasteiger partial charge < -0.3 is 20.7 Å². The molecule has 3 aromatic rings. The average Bonchev–Trinajstić information content (AvgIpc) is 3.13. The van der Waals surface area contributed by atoms with Crippen molar-refractivity contribution < 1.29 is 5.11 Å². The van der Waals surface area contributed by atoms with Gasteiger partial charge in [0.1, 0.15) is 5.82 Å². The van der Waals surface area contributed by atoms with E-state index < -0.39 is 0 Å². The van der Waals surface area contributed by atoms with Crippen LogP contribution in [0.15, 0.2) is 59.6 Å².